The van der Waals surface area contributed by atoms with Gasteiger partial charge in [-0.2, -0.15) is 0 Å². The molecule has 2 amide bonds. The largest absolute Gasteiger partial charge is 0.398 e. The number of piperidine rings is 1. The molecule has 0 saturated carbocycles. The summed E-state index contributed by atoms with van der Waals surface area (Å²) in [4.78, 5) is 53.5. The van der Waals surface area contributed by atoms with E-state index >= 15 is 0 Å². The Hall–Kier alpha value is -3.86. The molecule has 1 saturated heterocycles. The fourth-order valence-corrected chi connectivity index (χ4v) is 6.71. The van der Waals surface area contributed by atoms with Gasteiger partial charge in [0, 0.05) is 41.3 Å². The number of hydrogen-bond acceptors (Lipinski definition) is 8. The van der Waals surface area contributed by atoms with Crippen LogP contribution in [0.5, 0.6) is 0 Å². The van der Waals surface area contributed by atoms with E-state index in [4.69, 9.17) is 17.2 Å². The third-order valence-corrected chi connectivity index (χ3v) is 8.74. The van der Waals surface area contributed by atoms with Gasteiger partial charge in [-0.1, -0.05) is 30.8 Å². The summed E-state index contributed by atoms with van der Waals surface area (Å²) in [6.07, 6.45) is 2.72. The SMILES string of the molecule is C=CC(=O)N1CCCC(NC(=O)c2sc3c(N)ccc4c3c2C(N)C(=O)C4(N)c2cccc(C(C)=O)c2)C1. The number of thiophene rings is 1. The first-order chi connectivity index (χ1) is 18.1. The van der Waals surface area contributed by atoms with Gasteiger partial charge in [-0.25, -0.2) is 0 Å². The lowest BCUT2D eigenvalue weighted by atomic mass is 9.70. The van der Waals surface area contributed by atoms with Gasteiger partial charge in [0.2, 0.25) is 5.91 Å². The molecule has 3 unspecified atom stereocenters. The highest BCUT2D eigenvalue weighted by atomic mass is 32.1. The molecule has 38 heavy (non-hydrogen) atoms. The Morgan fingerprint density at radius 2 is 2.00 bits per heavy atom. The van der Waals surface area contributed by atoms with Crippen LogP contribution in [0.3, 0.4) is 0 Å². The van der Waals surface area contributed by atoms with Gasteiger partial charge in [-0.05, 0) is 49.1 Å². The number of rotatable bonds is 5. The summed E-state index contributed by atoms with van der Waals surface area (Å²) in [6.45, 7) is 5.96. The second kappa shape index (κ2) is 9.46. The highest BCUT2D eigenvalue weighted by molar-refractivity contribution is 7.21. The fourth-order valence-electron chi connectivity index (χ4n) is 5.51. The van der Waals surface area contributed by atoms with Crippen molar-refractivity contribution in [3.63, 3.8) is 0 Å². The monoisotopic (exact) mass is 531 g/mol. The predicted octanol–water partition coefficient (Wildman–Crippen LogP) is 2.38. The summed E-state index contributed by atoms with van der Waals surface area (Å²) >= 11 is 1.17. The maximum Gasteiger partial charge on any atom is 0.262 e. The van der Waals surface area contributed by atoms with E-state index in [0.29, 0.717) is 62.4 Å². The number of benzene rings is 2. The van der Waals surface area contributed by atoms with E-state index in [1.807, 2.05) is 0 Å². The van der Waals surface area contributed by atoms with E-state index in [0.717, 1.165) is 6.42 Å². The second-order valence-electron chi connectivity index (χ2n) is 9.84. The van der Waals surface area contributed by atoms with Crippen molar-refractivity contribution in [2.75, 3.05) is 18.8 Å². The van der Waals surface area contributed by atoms with Crippen molar-refractivity contribution in [1.29, 1.82) is 0 Å². The Morgan fingerprint density at radius 3 is 2.71 bits per heavy atom. The number of nitrogens with zero attached hydrogens (tertiary/aromatic N) is 1. The third-order valence-electron chi connectivity index (χ3n) is 7.49. The number of Topliss-reactive ketones (excluding diaryl/α,β-unsaturated/α-hetero) is 2. The van der Waals surface area contributed by atoms with Crippen LogP contribution in [0, 0.1) is 0 Å². The van der Waals surface area contributed by atoms with Gasteiger partial charge in [0.15, 0.2) is 11.6 Å². The Bertz CT molecular complexity index is 1530. The van der Waals surface area contributed by atoms with Gasteiger partial charge in [0.25, 0.3) is 5.91 Å². The summed E-state index contributed by atoms with van der Waals surface area (Å²) < 4.78 is 0.621. The molecule has 0 bridgehead atoms. The summed E-state index contributed by atoms with van der Waals surface area (Å²) in [5, 5.41) is 3.61. The molecule has 1 fully saturated rings. The van der Waals surface area contributed by atoms with Crippen molar-refractivity contribution >= 4 is 50.5 Å². The van der Waals surface area contributed by atoms with Crippen LogP contribution >= 0.6 is 11.3 Å². The Morgan fingerprint density at radius 1 is 1.24 bits per heavy atom. The van der Waals surface area contributed by atoms with Crippen molar-refractivity contribution in [2.45, 2.75) is 37.4 Å². The van der Waals surface area contributed by atoms with Crippen molar-refractivity contribution in [2.24, 2.45) is 11.5 Å². The predicted molar refractivity (Wildman–Crippen MR) is 147 cm³/mol. The van der Waals surface area contributed by atoms with Crippen LogP contribution in [0.25, 0.3) is 10.1 Å². The number of nitrogens with one attached hydrogen (secondary N) is 1. The fraction of sp³-hybridized carbons (Fsp3) is 0.286. The zero-order chi connectivity index (χ0) is 27.4. The average molecular weight is 532 g/mol. The molecule has 196 valence electrons. The molecule has 2 aromatic carbocycles. The highest BCUT2D eigenvalue weighted by Gasteiger charge is 2.49. The molecular weight excluding hydrogens is 502 g/mol. The van der Waals surface area contributed by atoms with Gasteiger partial charge < -0.3 is 27.4 Å². The number of likely N-dealkylation sites (tertiary alicyclic amines) is 1. The van der Waals surface area contributed by atoms with E-state index in [1.165, 1.54) is 24.3 Å². The molecule has 0 spiro atoms. The highest BCUT2D eigenvalue weighted by Crippen LogP contribution is 2.49. The van der Waals surface area contributed by atoms with Gasteiger partial charge >= 0.3 is 0 Å². The first-order valence-corrected chi connectivity index (χ1v) is 13.2. The molecule has 3 aromatic rings. The van der Waals surface area contributed by atoms with E-state index in [2.05, 4.69) is 11.9 Å². The van der Waals surface area contributed by atoms with Crippen LogP contribution in [-0.4, -0.2) is 47.4 Å². The summed E-state index contributed by atoms with van der Waals surface area (Å²) in [5.74, 6) is -1.20. The number of anilines is 1. The van der Waals surface area contributed by atoms with Gasteiger partial charge in [0.1, 0.15) is 5.54 Å². The minimum absolute atomic E-state index is 0.156. The average Bonchev–Trinajstić information content (AvgIpc) is 3.33. The summed E-state index contributed by atoms with van der Waals surface area (Å²) in [7, 11) is 0. The van der Waals surface area contributed by atoms with Crippen LogP contribution in [0.1, 0.15) is 62.5 Å². The zero-order valence-electron chi connectivity index (χ0n) is 21.0. The number of carbonyl (C=O) groups excluding carboxylic acids is 4. The van der Waals surface area contributed by atoms with Crippen LogP contribution in [0.2, 0.25) is 0 Å². The normalized spacial score (nSPS) is 22.8. The lowest BCUT2D eigenvalue weighted by Gasteiger charge is -2.37. The third kappa shape index (κ3) is 3.92. The van der Waals surface area contributed by atoms with Crippen LogP contribution in [0.15, 0.2) is 49.1 Å². The van der Waals surface area contributed by atoms with Gasteiger partial charge in [0.05, 0.1) is 15.6 Å². The summed E-state index contributed by atoms with van der Waals surface area (Å²) in [5.41, 5.74) is 20.3. The van der Waals surface area contributed by atoms with Crippen LogP contribution < -0.4 is 22.5 Å². The minimum Gasteiger partial charge on any atom is -0.398 e. The molecule has 10 heteroatoms. The van der Waals surface area contributed by atoms with E-state index in [1.54, 1.807) is 41.3 Å². The topological polar surface area (TPSA) is 162 Å². The van der Waals surface area contributed by atoms with Crippen molar-refractivity contribution in [3.8, 4) is 0 Å². The van der Waals surface area contributed by atoms with E-state index in [-0.39, 0.29) is 23.6 Å². The Kier molecular flexibility index (Phi) is 6.42. The second-order valence-corrected chi connectivity index (χ2v) is 10.9. The smallest absolute Gasteiger partial charge is 0.262 e. The molecule has 1 aromatic heterocycles. The van der Waals surface area contributed by atoms with E-state index < -0.39 is 17.4 Å². The van der Waals surface area contributed by atoms with Crippen molar-refractivity contribution in [1.82, 2.24) is 10.2 Å². The number of nitrogen functional groups attached to an aromatic ring is 1. The first-order valence-electron chi connectivity index (χ1n) is 12.4. The number of nitrogens with two attached hydrogens (primary N) is 3. The number of hydrogen-bond donors (Lipinski definition) is 4. The maximum atomic E-state index is 13.9. The molecular formula is C28H29N5O4S. The number of carbonyl (C=O) groups is 4. The molecule has 7 N–H and O–H groups in total. The summed E-state index contributed by atoms with van der Waals surface area (Å²) in [6, 6.07) is 8.57. The molecule has 9 nitrogen and oxygen atoms in total. The van der Waals surface area contributed by atoms with Gasteiger partial charge in [-0.15, -0.1) is 11.3 Å². The molecule has 2 aliphatic rings. The Labute approximate surface area is 223 Å². The minimum atomic E-state index is -1.63. The van der Waals surface area contributed by atoms with Crippen molar-refractivity contribution < 1.29 is 19.2 Å². The quantitative estimate of drug-likeness (QED) is 0.223. The molecule has 5 rings (SSSR count). The van der Waals surface area contributed by atoms with Crippen LogP contribution in [0.4, 0.5) is 5.69 Å². The number of ketones is 2. The molecule has 3 atom stereocenters. The number of amides is 2. The maximum absolute atomic E-state index is 13.9. The molecule has 1 aliphatic carbocycles. The van der Waals surface area contributed by atoms with E-state index in [9.17, 15) is 19.2 Å². The Balaban J connectivity index is 1.60. The zero-order valence-corrected chi connectivity index (χ0v) is 21.8. The lowest BCUT2D eigenvalue weighted by molar-refractivity contribution is -0.127. The molecule has 1 aliphatic heterocycles. The van der Waals surface area contributed by atoms with Crippen LogP contribution in [-0.2, 0) is 15.1 Å². The lowest BCUT2D eigenvalue weighted by Crippen LogP contribution is -2.53. The first kappa shape index (κ1) is 25.8. The molecule has 2 heterocycles. The standard InChI is InChI=1S/C28H29N5O4S/c1-3-20(35)33-11-5-8-17(13-33)32-27(37)25-22-21-18(9-10-19(29)24(21)38-25)28(31,26(36)23(22)30)16-7-4-6-15(12-16)14(2)34/h3-4,6-7,9-10,12,17,23H,1,5,8,11,13,29-31H2,2H3,(H,32,37). The van der Waals surface area contributed by atoms with Gasteiger partial charge in [-0.3, -0.25) is 19.2 Å². The van der Waals surface area contributed by atoms with Crippen molar-refractivity contribution in [3.05, 3.63) is 76.2 Å². The molecule has 0 radical (unpaired) electrons.